The molecule has 2 aromatic rings. The van der Waals surface area contributed by atoms with Gasteiger partial charge in [0.25, 0.3) is 0 Å². The first kappa shape index (κ1) is 12.7. The Morgan fingerprint density at radius 1 is 1.26 bits per heavy atom. The van der Waals surface area contributed by atoms with Crippen LogP contribution < -0.4 is 0 Å². The average molecular weight is 257 g/mol. The van der Waals surface area contributed by atoms with Crippen molar-refractivity contribution in [3.8, 4) is 5.75 Å². The van der Waals surface area contributed by atoms with Gasteiger partial charge in [0.15, 0.2) is 11.6 Å². The van der Waals surface area contributed by atoms with E-state index in [4.69, 9.17) is 5.11 Å². The van der Waals surface area contributed by atoms with Gasteiger partial charge in [0.1, 0.15) is 11.3 Å². The minimum absolute atomic E-state index is 0.100. The SMILES string of the molecule is Cc1cc(N=Nc2ccccn2)c(O)c(C(=O)O)c1. The molecule has 0 aliphatic heterocycles. The first-order chi connectivity index (χ1) is 9.08. The molecule has 1 aromatic heterocycles. The number of hydrogen-bond donors (Lipinski definition) is 2. The summed E-state index contributed by atoms with van der Waals surface area (Å²) in [5.74, 6) is -1.24. The number of carboxylic acids is 1. The van der Waals surface area contributed by atoms with E-state index in [1.807, 2.05) is 0 Å². The van der Waals surface area contributed by atoms with Crippen LogP contribution in [0.5, 0.6) is 5.75 Å². The van der Waals surface area contributed by atoms with Crippen molar-refractivity contribution >= 4 is 17.5 Å². The molecule has 2 N–H and O–H groups in total. The zero-order valence-corrected chi connectivity index (χ0v) is 10.1. The van der Waals surface area contributed by atoms with Crippen LogP contribution in [-0.2, 0) is 0 Å². The third-order valence-corrected chi connectivity index (χ3v) is 2.37. The molecule has 1 aromatic carbocycles. The number of aryl methyl sites for hydroxylation is 1. The summed E-state index contributed by atoms with van der Waals surface area (Å²) in [6.07, 6.45) is 1.56. The number of nitrogens with zero attached hydrogens (tertiary/aromatic N) is 3. The van der Waals surface area contributed by atoms with Crippen LogP contribution in [0, 0.1) is 6.92 Å². The molecule has 0 radical (unpaired) electrons. The molecule has 0 spiro atoms. The molecule has 0 bridgehead atoms. The first-order valence-electron chi connectivity index (χ1n) is 5.47. The zero-order chi connectivity index (χ0) is 13.8. The fourth-order valence-corrected chi connectivity index (χ4v) is 1.52. The van der Waals surface area contributed by atoms with Crippen LogP contribution in [0.2, 0.25) is 0 Å². The van der Waals surface area contributed by atoms with E-state index in [1.54, 1.807) is 37.4 Å². The Hall–Kier alpha value is -2.76. The normalized spacial score (nSPS) is 10.8. The molecule has 0 aliphatic rings. The molecule has 0 fully saturated rings. The number of benzene rings is 1. The lowest BCUT2D eigenvalue weighted by Crippen LogP contribution is -1.97. The third-order valence-electron chi connectivity index (χ3n) is 2.37. The van der Waals surface area contributed by atoms with Crippen molar-refractivity contribution in [3.05, 3.63) is 47.7 Å². The van der Waals surface area contributed by atoms with Crippen molar-refractivity contribution in [1.29, 1.82) is 0 Å². The number of hydrogen-bond acceptors (Lipinski definition) is 5. The van der Waals surface area contributed by atoms with Crippen LogP contribution in [0.25, 0.3) is 0 Å². The second-order valence-electron chi connectivity index (χ2n) is 3.87. The lowest BCUT2D eigenvalue weighted by atomic mass is 10.1. The molecule has 0 amide bonds. The second kappa shape index (κ2) is 5.26. The Morgan fingerprint density at radius 2 is 2.05 bits per heavy atom. The van der Waals surface area contributed by atoms with Gasteiger partial charge < -0.3 is 10.2 Å². The summed E-state index contributed by atoms with van der Waals surface area (Å²) in [6.45, 7) is 1.71. The Kier molecular flexibility index (Phi) is 3.51. The Labute approximate surface area is 109 Å². The van der Waals surface area contributed by atoms with Crippen LogP contribution in [0.1, 0.15) is 15.9 Å². The topological polar surface area (TPSA) is 95.1 Å². The summed E-state index contributed by atoms with van der Waals surface area (Å²) in [5, 5.41) is 26.4. The molecular formula is C13H11N3O3. The fraction of sp³-hybridized carbons (Fsp3) is 0.0769. The molecule has 1 heterocycles. The number of pyridine rings is 1. The van der Waals surface area contributed by atoms with E-state index < -0.39 is 11.7 Å². The lowest BCUT2D eigenvalue weighted by Gasteiger charge is -2.04. The van der Waals surface area contributed by atoms with Gasteiger partial charge in [0.2, 0.25) is 0 Å². The molecule has 0 aliphatic carbocycles. The number of rotatable bonds is 3. The van der Waals surface area contributed by atoms with Crippen molar-refractivity contribution in [1.82, 2.24) is 4.98 Å². The van der Waals surface area contributed by atoms with Gasteiger partial charge >= 0.3 is 5.97 Å². The smallest absolute Gasteiger partial charge is 0.339 e. The maximum atomic E-state index is 11.0. The summed E-state index contributed by atoms with van der Waals surface area (Å²) in [6, 6.07) is 8.06. The highest BCUT2D eigenvalue weighted by Gasteiger charge is 2.14. The van der Waals surface area contributed by atoms with E-state index in [2.05, 4.69) is 15.2 Å². The molecule has 96 valence electrons. The molecule has 0 saturated heterocycles. The summed E-state index contributed by atoms with van der Waals surface area (Å²) in [5.41, 5.74) is 0.572. The van der Waals surface area contributed by atoms with E-state index >= 15 is 0 Å². The monoisotopic (exact) mass is 257 g/mol. The number of aromatic hydroxyl groups is 1. The molecule has 0 saturated carbocycles. The Morgan fingerprint density at radius 3 is 2.68 bits per heavy atom. The highest BCUT2D eigenvalue weighted by molar-refractivity contribution is 5.93. The van der Waals surface area contributed by atoms with Gasteiger partial charge in [-0.3, -0.25) is 0 Å². The molecule has 0 atom stereocenters. The van der Waals surface area contributed by atoms with Crippen LogP contribution in [-0.4, -0.2) is 21.2 Å². The van der Waals surface area contributed by atoms with Crippen LogP contribution in [0.15, 0.2) is 46.8 Å². The van der Waals surface area contributed by atoms with Gasteiger partial charge in [-0.25, -0.2) is 9.78 Å². The van der Waals surface area contributed by atoms with E-state index in [0.29, 0.717) is 11.4 Å². The summed E-state index contributed by atoms with van der Waals surface area (Å²) < 4.78 is 0. The maximum absolute atomic E-state index is 11.0. The minimum Gasteiger partial charge on any atom is -0.505 e. The second-order valence-corrected chi connectivity index (χ2v) is 3.87. The predicted molar refractivity (Wildman–Crippen MR) is 68.2 cm³/mol. The fourth-order valence-electron chi connectivity index (χ4n) is 1.52. The number of aromatic carboxylic acids is 1. The molecule has 6 heteroatoms. The quantitative estimate of drug-likeness (QED) is 0.825. The molecular weight excluding hydrogens is 246 g/mol. The lowest BCUT2D eigenvalue weighted by molar-refractivity contribution is 0.0693. The molecule has 6 nitrogen and oxygen atoms in total. The van der Waals surface area contributed by atoms with E-state index in [0.717, 1.165) is 0 Å². The van der Waals surface area contributed by atoms with E-state index in [1.165, 1.54) is 6.07 Å². The minimum atomic E-state index is -1.21. The number of azo groups is 1. The van der Waals surface area contributed by atoms with Gasteiger partial charge in [0, 0.05) is 6.20 Å². The van der Waals surface area contributed by atoms with Crippen LogP contribution >= 0.6 is 0 Å². The van der Waals surface area contributed by atoms with Crippen molar-refractivity contribution < 1.29 is 15.0 Å². The van der Waals surface area contributed by atoms with Crippen molar-refractivity contribution in [2.24, 2.45) is 10.2 Å². The Bertz CT molecular complexity index is 639. The van der Waals surface area contributed by atoms with Gasteiger partial charge in [-0.05, 0) is 36.8 Å². The van der Waals surface area contributed by atoms with Crippen LogP contribution in [0.4, 0.5) is 11.5 Å². The van der Waals surface area contributed by atoms with Gasteiger partial charge in [0.05, 0.1) is 0 Å². The van der Waals surface area contributed by atoms with Crippen molar-refractivity contribution in [2.45, 2.75) is 6.92 Å². The summed E-state index contributed by atoms with van der Waals surface area (Å²) in [4.78, 5) is 14.9. The number of aromatic nitrogens is 1. The highest BCUT2D eigenvalue weighted by atomic mass is 16.4. The molecule has 19 heavy (non-hydrogen) atoms. The van der Waals surface area contributed by atoms with E-state index in [9.17, 15) is 9.90 Å². The van der Waals surface area contributed by atoms with Crippen LogP contribution in [0.3, 0.4) is 0 Å². The largest absolute Gasteiger partial charge is 0.505 e. The van der Waals surface area contributed by atoms with Gasteiger partial charge in [-0.2, -0.15) is 0 Å². The maximum Gasteiger partial charge on any atom is 0.339 e. The standard InChI is InChI=1S/C13H11N3O3/c1-8-6-9(13(18)19)12(17)10(7-8)15-16-11-4-2-3-5-14-11/h2-7,17H,1H3,(H,18,19). The first-order valence-corrected chi connectivity index (χ1v) is 5.47. The third kappa shape index (κ3) is 2.92. The summed E-state index contributed by atoms with van der Waals surface area (Å²) in [7, 11) is 0. The Balaban J connectivity index is 2.41. The van der Waals surface area contributed by atoms with Gasteiger partial charge in [-0.15, -0.1) is 10.2 Å². The number of phenols is 1. The molecule has 0 unspecified atom stereocenters. The number of carbonyl (C=O) groups is 1. The van der Waals surface area contributed by atoms with E-state index in [-0.39, 0.29) is 11.3 Å². The summed E-state index contributed by atoms with van der Waals surface area (Å²) >= 11 is 0. The zero-order valence-electron chi connectivity index (χ0n) is 10.1. The highest BCUT2D eigenvalue weighted by Crippen LogP contribution is 2.32. The number of carboxylic acid groups (broad SMARTS) is 1. The predicted octanol–water partition coefficient (Wildman–Crippen LogP) is 3.21. The molecule has 2 rings (SSSR count). The van der Waals surface area contributed by atoms with Crippen molar-refractivity contribution in [3.63, 3.8) is 0 Å². The average Bonchev–Trinajstić information content (AvgIpc) is 2.40. The van der Waals surface area contributed by atoms with Crippen molar-refractivity contribution in [2.75, 3.05) is 0 Å². The van der Waals surface area contributed by atoms with Gasteiger partial charge in [-0.1, -0.05) is 6.07 Å².